The minimum atomic E-state index is -1.59. The zero-order valence-corrected chi connectivity index (χ0v) is 16.4. The Morgan fingerprint density at radius 2 is 1.78 bits per heavy atom. The van der Waals surface area contributed by atoms with Gasteiger partial charge in [-0.25, -0.2) is 0 Å². The Bertz CT molecular complexity index is 420. The summed E-state index contributed by atoms with van der Waals surface area (Å²) >= 11 is 0. The highest BCUT2D eigenvalue weighted by Gasteiger charge is 2.27. The molecule has 1 aromatic carbocycles. The van der Waals surface area contributed by atoms with E-state index in [1.165, 1.54) is 18.9 Å². The van der Waals surface area contributed by atoms with Crippen molar-refractivity contribution in [2.24, 2.45) is 5.92 Å². The molecule has 1 rings (SSSR count). The Morgan fingerprint density at radius 1 is 1.13 bits per heavy atom. The maximum atomic E-state index is 10.1. The highest BCUT2D eigenvalue weighted by Crippen LogP contribution is 2.20. The maximum absolute atomic E-state index is 10.1. The number of benzene rings is 1. The Balaban J connectivity index is 2.49. The van der Waals surface area contributed by atoms with E-state index in [0.717, 1.165) is 5.56 Å². The lowest BCUT2D eigenvalue weighted by Gasteiger charge is -2.30. The minimum Gasteiger partial charge on any atom is -0.417 e. The van der Waals surface area contributed by atoms with Crippen molar-refractivity contribution in [2.75, 3.05) is 6.61 Å². The molecule has 0 unspecified atom stereocenters. The van der Waals surface area contributed by atoms with Crippen LogP contribution in [-0.4, -0.2) is 32.2 Å². The molecular formula is C19H34O3Si. The molecule has 1 N–H and O–H groups in total. The third kappa shape index (κ3) is 8.11. The average Bonchev–Trinajstić information content (AvgIpc) is 2.52. The van der Waals surface area contributed by atoms with E-state index < -0.39 is 14.4 Å². The zero-order valence-electron chi connectivity index (χ0n) is 15.4. The molecule has 23 heavy (non-hydrogen) atoms. The summed E-state index contributed by atoms with van der Waals surface area (Å²) in [5, 5.41) is 10.1. The van der Waals surface area contributed by atoms with E-state index in [2.05, 4.69) is 26.9 Å². The number of unbranched alkanes of at least 4 members (excludes halogenated alkanes) is 1. The zero-order chi connectivity index (χ0) is 17.3. The van der Waals surface area contributed by atoms with Crippen LogP contribution in [-0.2, 0) is 15.8 Å². The highest BCUT2D eigenvalue weighted by atomic mass is 28.4. The fraction of sp³-hybridized carbons (Fsp3) is 0.684. The standard InChI is InChI=1S/C19H34O3Si/c1-6-7-13-23(4,5)22-14-16(2)19(17(3)20)21-15-18-11-9-8-10-12-18/h8-12,16-17,19-20H,6-7,13-15H2,1-5H3/t16-,17-,19+/m0/s1. The van der Waals surface area contributed by atoms with Crippen molar-refractivity contribution in [1.29, 1.82) is 0 Å². The summed E-state index contributed by atoms with van der Waals surface area (Å²) in [6.45, 7) is 11.9. The topological polar surface area (TPSA) is 38.7 Å². The van der Waals surface area contributed by atoms with E-state index >= 15 is 0 Å². The molecule has 0 aliphatic rings. The van der Waals surface area contributed by atoms with Crippen molar-refractivity contribution < 1.29 is 14.3 Å². The van der Waals surface area contributed by atoms with Gasteiger partial charge in [0.1, 0.15) is 0 Å². The van der Waals surface area contributed by atoms with Gasteiger partial charge in [0.25, 0.3) is 0 Å². The van der Waals surface area contributed by atoms with Crippen molar-refractivity contribution in [3.8, 4) is 0 Å². The van der Waals surface area contributed by atoms with Crippen molar-refractivity contribution in [1.82, 2.24) is 0 Å². The van der Waals surface area contributed by atoms with Gasteiger partial charge in [-0.1, -0.05) is 57.0 Å². The third-order valence-electron chi connectivity index (χ3n) is 4.19. The van der Waals surface area contributed by atoms with Gasteiger partial charge in [0.2, 0.25) is 0 Å². The number of rotatable bonds is 11. The molecule has 3 atom stereocenters. The van der Waals surface area contributed by atoms with Crippen LogP contribution in [0.3, 0.4) is 0 Å². The van der Waals surface area contributed by atoms with E-state index in [9.17, 15) is 5.11 Å². The molecule has 132 valence electrons. The molecular weight excluding hydrogens is 304 g/mol. The summed E-state index contributed by atoms with van der Waals surface area (Å²) in [7, 11) is -1.59. The largest absolute Gasteiger partial charge is 0.417 e. The summed E-state index contributed by atoms with van der Waals surface area (Å²) in [5.41, 5.74) is 1.13. The first-order valence-corrected chi connectivity index (χ1v) is 11.9. The molecule has 0 amide bonds. The summed E-state index contributed by atoms with van der Waals surface area (Å²) in [6, 6.07) is 11.3. The van der Waals surface area contributed by atoms with Gasteiger partial charge in [-0.15, -0.1) is 0 Å². The minimum absolute atomic E-state index is 0.173. The fourth-order valence-corrected chi connectivity index (χ4v) is 4.74. The maximum Gasteiger partial charge on any atom is 0.186 e. The van der Waals surface area contributed by atoms with Crippen LogP contribution in [0.5, 0.6) is 0 Å². The SMILES string of the molecule is CCCC[Si](C)(C)OC[C@H](C)[C@@H](OCc1ccccc1)[C@H](C)O. The van der Waals surface area contributed by atoms with E-state index in [1.54, 1.807) is 6.92 Å². The van der Waals surface area contributed by atoms with Crippen molar-refractivity contribution >= 4 is 8.32 Å². The van der Waals surface area contributed by atoms with Crippen LogP contribution in [0, 0.1) is 5.92 Å². The molecule has 0 bridgehead atoms. The Hall–Kier alpha value is -0.683. The van der Waals surface area contributed by atoms with Gasteiger partial charge in [-0.05, 0) is 31.6 Å². The van der Waals surface area contributed by atoms with Crippen LogP contribution in [0.2, 0.25) is 19.1 Å². The molecule has 0 aliphatic carbocycles. The molecule has 0 aliphatic heterocycles. The molecule has 0 radical (unpaired) electrons. The quantitative estimate of drug-likeness (QED) is 0.599. The first-order valence-electron chi connectivity index (χ1n) is 8.83. The van der Waals surface area contributed by atoms with Crippen molar-refractivity contribution in [3.05, 3.63) is 35.9 Å². The Labute approximate surface area is 143 Å². The molecule has 0 spiro atoms. The number of aliphatic hydroxyl groups is 1. The monoisotopic (exact) mass is 338 g/mol. The highest BCUT2D eigenvalue weighted by molar-refractivity contribution is 6.71. The lowest BCUT2D eigenvalue weighted by molar-refractivity contribution is -0.0744. The Kier molecular flexibility index (Phi) is 9.06. The van der Waals surface area contributed by atoms with E-state index in [-0.39, 0.29) is 12.0 Å². The number of hydrogen-bond donors (Lipinski definition) is 1. The lowest BCUT2D eigenvalue weighted by atomic mass is 10.0. The Morgan fingerprint density at radius 3 is 2.35 bits per heavy atom. The van der Waals surface area contributed by atoms with E-state index in [0.29, 0.717) is 13.2 Å². The second kappa shape index (κ2) is 10.2. The van der Waals surface area contributed by atoms with Gasteiger partial charge in [0.15, 0.2) is 8.32 Å². The van der Waals surface area contributed by atoms with Crippen LogP contribution in [0.1, 0.15) is 39.2 Å². The van der Waals surface area contributed by atoms with Gasteiger partial charge in [-0.3, -0.25) is 0 Å². The number of hydrogen-bond acceptors (Lipinski definition) is 3. The lowest BCUT2D eigenvalue weighted by Crippen LogP contribution is -2.39. The molecule has 4 heteroatoms. The van der Waals surface area contributed by atoms with Crippen LogP contribution in [0.4, 0.5) is 0 Å². The summed E-state index contributed by atoms with van der Waals surface area (Å²) in [4.78, 5) is 0. The summed E-state index contributed by atoms with van der Waals surface area (Å²) in [6.07, 6.45) is 1.74. The van der Waals surface area contributed by atoms with Gasteiger partial charge in [0.05, 0.1) is 18.8 Å². The summed E-state index contributed by atoms with van der Waals surface area (Å²) in [5.74, 6) is 0.173. The number of ether oxygens (including phenoxy) is 1. The van der Waals surface area contributed by atoms with Crippen LogP contribution < -0.4 is 0 Å². The number of aliphatic hydroxyl groups excluding tert-OH is 1. The first kappa shape index (κ1) is 20.4. The molecule has 0 heterocycles. The van der Waals surface area contributed by atoms with Crippen LogP contribution >= 0.6 is 0 Å². The molecule has 3 nitrogen and oxygen atoms in total. The van der Waals surface area contributed by atoms with Crippen LogP contribution in [0.25, 0.3) is 0 Å². The third-order valence-corrected chi connectivity index (χ3v) is 6.70. The summed E-state index contributed by atoms with van der Waals surface area (Å²) < 4.78 is 12.2. The first-order chi connectivity index (χ1) is 10.9. The molecule has 0 saturated heterocycles. The molecule has 0 saturated carbocycles. The molecule has 0 aromatic heterocycles. The van der Waals surface area contributed by atoms with Gasteiger partial charge in [0, 0.05) is 12.5 Å². The van der Waals surface area contributed by atoms with E-state index in [1.807, 2.05) is 30.3 Å². The molecule has 0 fully saturated rings. The van der Waals surface area contributed by atoms with Crippen LogP contribution in [0.15, 0.2) is 30.3 Å². The van der Waals surface area contributed by atoms with E-state index in [4.69, 9.17) is 9.16 Å². The van der Waals surface area contributed by atoms with Gasteiger partial charge >= 0.3 is 0 Å². The second-order valence-corrected chi connectivity index (χ2v) is 11.5. The predicted octanol–water partition coefficient (Wildman–Crippen LogP) is 4.61. The van der Waals surface area contributed by atoms with Crippen molar-refractivity contribution in [2.45, 2.75) is 71.6 Å². The van der Waals surface area contributed by atoms with Crippen molar-refractivity contribution in [3.63, 3.8) is 0 Å². The smallest absolute Gasteiger partial charge is 0.186 e. The molecule has 1 aromatic rings. The second-order valence-electron chi connectivity index (χ2n) is 7.15. The predicted molar refractivity (Wildman–Crippen MR) is 99.0 cm³/mol. The van der Waals surface area contributed by atoms with Gasteiger partial charge in [-0.2, -0.15) is 0 Å². The average molecular weight is 339 g/mol. The normalized spacial score (nSPS) is 16.1. The van der Waals surface area contributed by atoms with Gasteiger partial charge < -0.3 is 14.3 Å². The fourth-order valence-electron chi connectivity index (χ4n) is 2.67.